The highest BCUT2D eigenvalue weighted by molar-refractivity contribution is 7.88. The van der Waals surface area contributed by atoms with E-state index in [-0.39, 0.29) is 17.9 Å². The maximum absolute atomic E-state index is 15.0. The van der Waals surface area contributed by atoms with E-state index < -0.39 is 56.0 Å². The zero-order valence-corrected chi connectivity index (χ0v) is 18.3. The quantitative estimate of drug-likeness (QED) is 0.171. The molecular formula is C22H13F9O4S. The third-order valence-corrected chi connectivity index (χ3v) is 5.65. The summed E-state index contributed by atoms with van der Waals surface area (Å²) in [4.78, 5) is 0. The van der Waals surface area contributed by atoms with Gasteiger partial charge in [-0.05, 0) is 36.4 Å². The molecule has 3 aromatic rings. The van der Waals surface area contributed by atoms with Crippen molar-refractivity contribution in [2.45, 2.75) is 23.3 Å². The molecule has 0 atom stereocenters. The SMILES string of the molecule is O=S(=O)(Oc1cccc(C(F)(F)C(F)(F)C(F)(F)c2ccccc2Oc2ccccc2)c1)C(F)(F)F. The van der Waals surface area contributed by atoms with Gasteiger partial charge in [0.05, 0.1) is 5.56 Å². The average Bonchev–Trinajstić information content (AvgIpc) is 2.79. The van der Waals surface area contributed by atoms with Crippen molar-refractivity contribution >= 4 is 10.1 Å². The summed E-state index contributed by atoms with van der Waals surface area (Å²) < 4.78 is 158. The number of benzene rings is 3. The van der Waals surface area contributed by atoms with Gasteiger partial charge in [-0.15, -0.1) is 0 Å². The number of alkyl halides is 9. The van der Waals surface area contributed by atoms with Crippen molar-refractivity contribution in [1.29, 1.82) is 0 Å². The molecule has 0 amide bonds. The maximum Gasteiger partial charge on any atom is 0.534 e. The number of ether oxygens (including phenoxy) is 1. The first-order valence-corrected chi connectivity index (χ1v) is 11.0. The van der Waals surface area contributed by atoms with Crippen LogP contribution in [0.3, 0.4) is 0 Å². The molecule has 0 saturated heterocycles. The fraction of sp³-hybridized carbons (Fsp3) is 0.182. The largest absolute Gasteiger partial charge is 0.534 e. The van der Waals surface area contributed by atoms with Gasteiger partial charge in [0, 0.05) is 5.56 Å². The Bertz CT molecular complexity index is 1320. The smallest absolute Gasteiger partial charge is 0.457 e. The lowest BCUT2D eigenvalue weighted by Crippen LogP contribution is -2.50. The van der Waals surface area contributed by atoms with E-state index in [0.717, 1.165) is 18.2 Å². The number of hydrogen-bond acceptors (Lipinski definition) is 4. The van der Waals surface area contributed by atoms with Crippen molar-refractivity contribution in [1.82, 2.24) is 0 Å². The van der Waals surface area contributed by atoms with Crippen LogP contribution in [0.15, 0.2) is 78.9 Å². The van der Waals surface area contributed by atoms with Gasteiger partial charge in [0.1, 0.15) is 17.2 Å². The van der Waals surface area contributed by atoms with Crippen molar-refractivity contribution in [3.05, 3.63) is 90.0 Å². The predicted octanol–water partition coefficient (Wildman–Crippen LogP) is 7.23. The molecule has 0 saturated carbocycles. The Labute approximate surface area is 198 Å². The van der Waals surface area contributed by atoms with Gasteiger partial charge in [0.2, 0.25) is 0 Å². The van der Waals surface area contributed by atoms with Gasteiger partial charge < -0.3 is 8.92 Å². The van der Waals surface area contributed by atoms with Gasteiger partial charge in [0.25, 0.3) is 0 Å². The summed E-state index contributed by atoms with van der Waals surface area (Å²) in [5.41, 5.74) is -9.50. The Morgan fingerprint density at radius 2 is 1.17 bits per heavy atom. The van der Waals surface area contributed by atoms with Crippen molar-refractivity contribution in [3.8, 4) is 17.2 Å². The Kier molecular flexibility index (Phi) is 6.96. The Morgan fingerprint density at radius 3 is 1.78 bits per heavy atom. The zero-order chi connectivity index (χ0) is 27.0. The molecule has 0 bridgehead atoms. The van der Waals surface area contributed by atoms with Crippen LogP contribution in [0.1, 0.15) is 11.1 Å². The molecule has 36 heavy (non-hydrogen) atoms. The first kappa shape index (κ1) is 27.2. The van der Waals surface area contributed by atoms with E-state index in [0.29, 0.717) is 18.2 Å². The van der Waals surface area contributed by atoms with E-state index in [2.05, 4.69) is 4.18 Å². The molecule has 14 heteroatoms. The number of halogens is 9. The Hall–Kier alpha value is -3.42. The fourth-order valence-corrected chi connectivity index (χ4v) is 3.35. The topological polar surface area (TPSA) is 52.6 Å². The zero-order valence-electron chi connectivity index (χ0n) is 17.4. The van der Waals surface area contributed by atoms with E-state index in [1.165, 1.54) is 24.3 Å². The van der Waals surface area contributed by atoms with E-state index in [1.807, 2.05) is 0 Å². The minimum Gasteiger partial charge on any atom is -0.457 e. The van der Waals surface area contributed by atoms with Gasteiger partial charge >= 0.3 is 33.4 Å². The van der Waals surface area contributed by atoms with Crippen LogP contribution in [0.2, 0.25) is 0 Å². The summed E-state index contributed by atoms with van der Waals surface area (Å²) >= 11 is 0. The molecular weight excluding hydrogens is 531 g/mol. The molecule has 3 rings (SSSR count). The van der Waals surface area contributed by atoms with Gasteiger partial charge in [-0.25, -0.2) is 0 Å². The molecule has 0 fully saturated rings. The van der Waals surface area contributed by atoms with Gasteiger partial charge in [0.15, 0.2) is 0 Å². The van der Waals surface area contributed by atoms with Gasteiger partial charge in [-0.1, -0.05) is 42.5 Å². The Morgan fingerprint density at radius 1 is 0.611 bits per heavy atom. The summed E-state index contributed by atoms with van der Waals surface area (Å²) in [7, 11) is -6.35. The molecule has 0 radical (unpaired) electrons. The normalized spacial score (nSPS) is 13.4. The monoisotopic (exact) mass is 544 g/mol. The fourth-order valence-electron chi connectivity index (χ4n) is 2.90. The van der Waals surface area contributed by atoms with Crippen LogP contribution in [0.5, 0.6) is 17.2 Å². The number of hydrogen-bond donors (Lipinski definition) is 0. The van der Waals surface area contributed by atoms with E-state index in [9.17, 15) is 39.2 Å². The van der Waals surface area contributed by atoms with E-state index >= 15 is 8.78 Å². The minimum atomic E-state index is -6.35. The highest BCUT2D eigenvalue weighted by atomic mass is 32.2. The third-order valence-electron chi connectivity index (χ3n) is 4.67. The molecule has 0 N–H and O–H groups in total. The average molecular weight is 544 g/mol. The number of para-hydroxylation sites is 2. The Balaban J connectivity index is 2.02. The molecule has 4 nitrogen and oxygen atoms in total. The maximum atomic E-state index is 15.0. The van der Waals surface area contributed by atoms with E-state index in [4.69, 9.17) is 4.74 Å². The first-order valence-electron chi connectivity index (χ1n) is 9.58. The lowest BCUT2D eigenvalue weighted by molar-refractivity contribution is -0.321. The lowest BCUT2D eigenvalue weighted by atomic mass is 9.92. The molecule has 0 heterocycles. The van der Waals surface area contributed by atoms with Crippen molar-refractivity contribution in [2.24, 2.45) is 0 Å². The molecule has 194 valence electrons. The summed E-state index contributed by atoms with van der Waals surface area (Å²) in [6, 6.07) is 11.2. The van der Waals surface area contributed by atoms with Gasteiger partial charge in [-0.3, -0.25) is 0 Å². The standard InChI is InChI=1S/C22H13F9O4S/c23-19(24,14-7-6-10-16(13-14)35-36(32,33)22(29,30)31)21(27,28)20(25,26)17-11-4-5-12-18(17)34-15-8-2-1-3-9-15/h1-13H. The highest BCUT2D eigenvalue weighted by Gasteiger charge is 2.73. The summed E-state index contributed by atoms with van der Waals surface area (Å²) in [5, 5.41) is 0. The molecule has 0 aliphatic rings. The van der Waals surface area contributed by atoms with Crippen LogP contribution in [0.4, 0.5) is 39.5 Å². The van der Waals surface area contributed by atoms with Gasteiger partial charge in [-0.2, -0.15) is 47.9 Å². The van der Waals surface area contributed by atoms with Crippen molar-refractivity contribution in [2.75, 3.05) is 0 Å². The molecule has 0 spiro atoms. The van der Waals surface area contributed by atoms with Crippen LogP contribution in [-0.2, 0) is 22.0 Å². The first-order chi connectivity index (χ1) is 16.5. The van der Waals surface area contributed by atoms with E-state index in [1.54, 1.807) is 6.07 Å². The predicted molar refractivity (Wildman–Crippen MR) is 108 cm³/mol. The number of rotatable bonds is 8. The van der Waals surface area contributed by atoms with Crippen molar-refractivity contribution < 1.29 is 56.9 Å². The molecule has 0 aliphatic heterocycles. The summed E-state index contributed by atoms with van der Waals surface area (Å²) in [5.74, 6) is -19.9. The molecule has 0 aromatic heterocycles. The van der Waals surface area contributed by atoms with Crippen LogP contribution in [0.25, 0.3) is 0 Å². The second-order valence-electron chi connectivity index (χ2n) is 7.15. The van der Waals surface area contributed by atoms with Crippen LogP contribution >= 0.6 is 0 Å². The second kappa shape index (κ2) is 9.22. The van der Waals surface area contributed by atoms with Crippen LogP contribution < -0.4 is 8.92 Å². The molecule has 3 aromatic carbocycles. The minimum absolute atomic E-state index is 0.0634. The summed E-state index contributed by atoms with van der Waals surface area (Å²) in [6.45, 7) is 0. The molecule has 0 aliphatic carbocycles. The molecule has 0 unspecified atom stereocenters. The van der Waals surface area contributed by atoms with Crippen LogP contribution in [-0.4, -0.2) is 19.8 Å². The second-order valence-corrected chi connectivity index (χ2v) is 8.68. The summed E-state index contributed by atoms with van der Waals surface area (Å²) in [6.07, 6.45) is 0. The lowest BCUT2D eigenvalue weighted by Gasteiger charge is -2.34. The highest BCUT2D eigenvalue weighted by Crippen LogP contribution is 2.57. The van der Waals surface area contributed by atoms with Crippen LogP contribution in [0, 0.1) is 0 Å². The van der Waals surface area contributed by atoms with Crippen molar-refractivity contribution in [3.63, 3.8) is 0 Å². The third kappa shape index (κ3) is 4.94.